The summed E-state index contributed by atoms with van der Waals surface area (Å²) in [6.45, 7) is 2.48. The first-order valence-electron chi connectivity index (χ1n) is 6.07. The van der Waals surface area contributed by atoms with Gasteiger partial charge in [0.05, 0.1) is 17.2 Å². The Labute approximate surface area is 120 Å². The summed E-state index contributed by atoms with van der Waals surface area (Å²) in [6.07, 6.45) is 2.06. The Kier molecular flexibility index (Phi) is 4.09. The normalized spacial score (nSPS) is 14.9. The zero-order valence-corrected chi connectivity index (χ0v) is 12.7. The van der Waals surface area contributed by atoms with Crippen molar-refractivity contribution in [2.45, 2.75) is 36.8 Å². The van der Waals surface area contributed by atoms with Gasteiger partial charge < -0.3 is 5.32 Å². The summed E-state index contributed by atoms with van der Waals surface area (Å²) >= 11 is 1.10. The molecule has 20 heavy (non-hydrogen) atoms. The van der Waals surface area contributed by atoms with Crippen LogP contribution in [0, 0.1) is 6.92 Å². The number of nitrogens with one attached hydrogen (secondary N) is 2. The molecule has 1 fully saturated rings. The van der Waals surface area contributed by atoms with Crippen LogP contribution in [-0.4, -0.2) is 31.8 Å². The summed E-state index contributed by atoms with van der Waals surface area (Å²) in [5, 5.41) is 3.04. The van der Waals surface area contributed by atoms with Gasteiger partial charge in [0.25, 0.3) is 15.9 Å². The standard InChI is InChI=1S/C11H15N3O4S2/c1-6-11(19-10(13-6)8-3-4-8)20(17,18)14-9(16)5-12-7(2)15/h8H,3-5H2,1-2H3,(H,12,15)(H,14,16). The highest BCUT2D eigenvalue weighted by atomic mass is 32.2. The highest BCUT2D eigenvalue weighted by Crippen LogP contribution is 2.43. The molecule has 0 aliphatic heterocycles. The summed E-state index contributed by atoms with van der Waals surface area (Å²) in [4.78, 5) is 26.4. The highest BCUT2D eigenvalue weighted by molar-refractivity contribution is 7.92. The molecule has 0 aromatic carbocycles. The molecule has 1 aromatic rings. The molecule has 0 unspecified atom stereocenters. The third-order valence-corrected chi connectivity index (χ3v) is 5.99. The van der Waals surface area contributed by atoms with Crippen LogP contribution in [0.4, 0.5) is 0 Å². The quantitative estimate of drug-likeness (QED) is 0.811. The van der Waals surface area contributed by atoms with Crippen LogP contribution in [0.3, 0.4) is 0 Å². The molecule has 0 radical (unpaired) electrons. The van der Waals surface area contributed by atoms with E-state index in [9.17, 15) is 18.0 Å². The van der Waals surface area contributed by atoms with Crippen LogP contribution in [0.2, 0.25) is 0 Å². The van der Waals surface area contributed by atoms with Gasteiger partial charge in [0.1, 0.15) is 0 Å². The third kappa shape index (κ3) is 3.54. The first-order valence-corrected chi connectivity index (χ1v) is 8.37. The van der Waals surface area contributed by atoms with Gasteiger partial charge in [-0.25, -0.2) is 18.1 Å². The maximum absolute atomic E-state index is 12.1. The summed E-state index contributed by atoms with van der Waals surface area (Å²) in [5.74, 6) is -0.818. The van der Waals surface area contributed by atoms with E-state index in [2.05, 4.69) is 10.3 Å². The fourth-order valence-corrected chi connectivity index (χ4v) is 4.28. The van der Waals surface area contributed by atoms with Crippen LogP contribution in [0.5, 0.6) is 0 Å². The smallest absolute Gasteiger partial charge is 0.275 e. The minimum absolute atomic E-state index is 0.0653. The SMILES string of the molecule is CC(=O)NCC(=O)NS(=O)(=O)c1sc(C2CC2)nc1C. The van der Waals surface area contributed by atoms with E-state index in [-0.39, 0.29) is 10.8 Å². The summed E-state index contributed by atoms with van der Waals surface area (Å²) in [6, 6.07) is 0. The minimum atomic E-state index is -3.92. The zero-order chi connectivity index (χ0) is 14.9. The van der Waals surface area contributed by atoms with E-state index in [0.717, 1.165) is 29.2 Å². The molecular formula is C11H15N3O4S2. The average Bonchev–Trinajstić information content (AvgIpc) is 3.09. The topological polar surface area (TPSA) is 105 Å². The molecule has 1 saturated carbocycles. The molecule has 0 saturated heterocycles. The van der Waals surface area contributed by atoms with Gasteiger partial charge in [0.2, 0.25) is 5.91 Å². The molecule has 7 nitrogen and oxygen atoms in total. The predicted molar refractivity (Wildman–Crippen MR) is 72.8 cm³/mol. The maximum Gasteiger partial charge on any atom is 0.275 e. The predicted octanol–water partition coefficient (Wildman–Crippen LogP) is 0.270. The lowest BCUT2D eigenvalue weighted by Gasteiger charge is -2.05. The molecule has 0 bridgehead atoms. The first-order chi connectivity index (χ1) is 9.29. The van der Waals surface area contributed by atoms with Crippen molar-refractivity contribution >= 4 is 33.2 Å². The van der Waals surface area contributed by atoms with Crippen molar-refractivity contribution in [1.29, 1.82) is 0 Å². The van der Waals surface area contributed by atoms with Gasteiger partial charge in [0.15, 0.2) is 4.21 Å². The monoisotopic (exact) mass is 317 g/mol. The fourth-order valence-electron chi connectivity index (χ4n) is 1.59. The molecule has 0 atom stereocenters. The number of rotatable bonds is 5. The van der Waals surface area contributed by atoms with Gasteiger partial charge in [0, 0.05) is 12.8 Å². The molecule has 2 amide bonds. The van der Waals surface area contributed by atoms with Gasteiger partial charge in [-0.15, -0.1) is 11.3 Å². The van der Waals surface area contributed by atoms with Crippen LogP contribution in [0.1, 0.15) is 36.4 Å². The molecule has 1 aliphatic rings. The second-order valence-electron chi connectivity index (χ2n) is 4.64. The van der Waals surface area contributed by atoms with E-state index in [1.165, 1.54) is 6.92 Å². The molecule has 1 aliphatic carbocycles. The summed E-state index contributed by atoms with van der Waals surface area (Å²) < 4.78 is 26.2. The van der Waals surface area contributed by atoms with Crippen molar-refractivity contribution in [2.75, 3.05) is 6.54 Å². The number of carbonyl (C=O) groups excluding carboxylic acids is 2. The lowest BCUT2D eigenvalue weighted by atomic mass is 10.4. The van der Waals surface area contributed by atoms with E-state index < -0.39 is 21.8 Å². The zero-order valence-electron chi connectivity index (χ0n) is 11.1. The lowest BCUT2D eigenvalue weighted by Crippen LogP contribution is -2.39. The molecule has 0 spiro atoms. The van der Waals surface area contributed by atoms with E-state index >= 15 is 0 Å². The molecule has 1 aromatic heterocycles. The summed E-state index contributed by atoms with van der Waals surface area (Å²) in [5.41, 5.74) is 0.400. The highest BCUT2D eigenvalue weighted by Gasteiger charge is 2.31. The van der Waals surface area contributed by atoms with Gasteiger partial charge in [-0.05, 0) is 19.8 Å². The Morgan fingerprint density at radius 2 is 2.05 bits per heavy atom. The van der Waals surface area contributed by atoms with Crippen LogP contribution in [0.15, 0.2) is 4.21 Å². The van der Waals surface area contributed by atoms with E-state index in [0.29, 0.717) is 11.6 Å². The van der Waals surface area contributed by atoms with E-state index in [1.807, 2.05) is 4.72 Å². The van der Waals surface area contributed by atoms with Crippen LogP contribution in [0.25, 0.3) is 0 Å². The Morgan fingerprint density at radius 3 is 2.60 bits per heavy atom. The maximum atomic E-state index is 12.1. The van der Waals surface area contributed by atoms with Crippen molar-refractivity contribution < 1.29 is 18.0 Å². The van der Waals surface area contributed by atoms with Gasteiger partial charge in [-0.2, -0.15) is 0 Å². The number of hydrogen-bond donors (Lipinski definition) is 2. The van der Waals surface area contributed by atoms with Crippen molar-refractivity contribution in [3.05, 3.63) is 10.7 Å². The van der Waals surface area contributed by atoms with Crippen molar-refractivity contribution in [3.63, 3.8) is 0 Å². The number of nitrogens with zero attached hydrogens (tertiary/aromatic N) is 1. The number of hydrogen-bond acceptors (Lipinski definition) is 6. The number of carbonyl (C=O) groups is 2. The second kappa shape index (κ2) is 5.49. The van der Waals surface area contributed by atoms with Gasteiger partial charge in [-0.1, -0.05) is 0 Å². The van der Waals surface area contributed by atoms with Crippen molar-refractivity contribution in [3.8, 4) is 0 Å². The fraction of sp³-hybridized carbons (Fsp3) is 0.545. The van der Waals surface area contributed by atoms with Crippen LogP contribution < -0.4 is 10.0 Å². The van der Waals surface area contributed by atoms with Crippen molar-refractivity contribution in [2.24, 2.45) is 0 Å². The molecule has 2 N–H and O–H groups in total. The molecule has 1 heterocycles. The average molecular weight is 317 g/mol. The number of aryl methyl sites for hydroxylation is 1. The van der Waals surface area contributed by atoms with Gasteiger partial charge >= 0.3 is 0 Å². The second-order valence-corrected chi connectivity index (χ2v) is 7.55. The first kappa shape index (κ1) is 14.9. The Bertz CT molecular complexity index is 647. The minimum Gasteiger partial charge on any atom is -0.347 e. The van der Waals surface area contributed by atoms with Crippen LogP contribution in [-0.2, 0) is 19.6 Å². The third-order valence-electron chi connectivity index (χ3n) is 2.69. The molecular weight excluding hydrogens is 302 g/mol. The Morgan fingerprint density at radius 1 is 1.40 bits per heavy atom. The van der Waals surface area contributed by atoms with Crippen molar-refractivity contribution in [1.82, 2.24) is 15.0 Å². The lowest BCUT2D eigenvalue weighted by molar-refractivity contribution is -0.124. The largest absolute Gasteiger partial charge is 0.347 e. The number of aromatic nitrogens is 1. The van der Waals surface area contributed by atoms with Gasteiger partial charge in [-0.3, -0.25) is 9.59 Å². The van der Waals surface area contributed by atoms with E-state index in [4.69, 9.17) is 0 Å². The summed E-state index contributed by atoms with van der Waals surface area (Å²) in [7, 11) is -3.92. The Hall–Kier alpha value is -1.48. The van der Waals surface area contributed by atoms with Crippen LogP contribution >= 0.6 is 11.3 Å². The number of sulfonamides is 1. The van der Waals surface area contributed by atoms with E-state index in [1.54, 1.807) is 6.92 Å². The Balaban J connectivity index is 2.09. The molecule has 110 valence electrons. The number of amides is 2. The number of thiazole rings is 1. The molecule has 9 heteroatoms. The molecule has 2 rings (SSSR count).